The minimum Gasteiger partial charge on any atom is -0.489 e. The molecule has 1 aromatic rings. The Balaban J connectivity index is 0.00000176. The van der Waals surface area contributed by atoms with Crippen molar-refractivity contribution in [2.45, 2.75) is 31.2 Å². The van der Waals surface area contributed by atoms with E-state index in [4.69, 9.17) is 22.7 Å². The molecule has 1 aromatic heterocycles. The molecule has 0 fully saturated rings. The van der Waals surface area contributed by atoms with Gasteiger partial charge in [0.05, 0.1) is 6.04 Å². The summed E-state index contributed by atoms with van der Waals surface area (Å²) in [6.45, 7) is 0.709. The Hall–Kier alpha value is -1.18. The lowest BCUT2D eigenvalue weighted by Crippen LogP contribution is -2.31. The number of nitrogens with one attached hydrogen (secondary N) is 1. The standard InChI is InChI=1S/C14H17F2N3OS.ClH/c15-14(16)4-1-2-9-6-11(8-20-12(9)14)19-10(3-5-17)7-18-13(19)21;/h1,4,7,11H,2-3,5-6,8,17H2,(H,18,21);1H/t11-;/m1./s1. The third-order valence-electron chi connectivity index (χ3n) is 3.87. The smallest absolute Gasteiger partial charge is 0.322 e. The predicted molar refractivity (Wildman–Crippen MR) is 85.0 cm³/mol. The molecule has 4 nitrogen and oxygen atoms in total. The first-order chi connectivity index (χ1) is 10.0. The van der Waals surface area contributed by atoms with E-state index in [1.807, 2.05) is 10.8 Å². The van der Waals surface area contributed by atoms with Crippen LogP contribution in [0.5, 0.6) is 0 Å². The second-order valence-electron chi connectivity index (χ2n) is 5.32. The zero-order valence-electron chi connectivity index (χ0n) is 11.9. The van der Waals surface area contributed by atoms with Crippen LogP contribution < -0.4 is 5.73 Å². The average Bonchev–Trinajstić information content (AvgIpc) is 2.79. The first-order valence-corrected chi connectivity index (χ1v) is 7.33. The number of halogens is 3. The van der Waals surface area contributed by atoms with Crippen LogP contribution in [0.1, 0.15) is 24.6 Å². The molecule has 0 aromatic carbocycles. The highest BCUT2D eigenvalue weighted by Crippen LogP contribution is 2.41. The zero-order chi connectivity index (χ0) is 15.0. The number of hydrogen-bond donors (Lipinski definition) is 2. The van der Waals surface area contributed by atoms with Crippen molar-refractivity contribution < 1.29 is 13.5 Å². The van der Waals surface area contributed by atoms with Crippen molar-refractivity contribution in [1.82, 2.24) is 9.55 Å². The summed E-state index contributed by atoms with van der Waals surface area (Å²) in [5, 5.41) is 0. The van der Waals surface area contributed by atoms with Crippen LogP contribution in [0.15, 0.2) is 29.7 Å². The predicted octanol–water partition coefficient (Wildman–Crippen LogP) is 3.28. The maximum atomic E-state index is 13.8. The van der Waals surface area contributed by atoms with Crippen molar-refractivity contribution in [2.24, 2.45) is 5.73 Å². The van der Waals surface area contributed by atoms with Crippen molar-refractivity contribution in [3.63, 3.8) is 0 Å². The van der Waals surface area contributed by atoms with Crippen LogP contribution in [0.3, 0.4) is 0 Å². The van der Waals surface area contributed by atoms with Crippen molar-refractivity contribution in [2.75, 3.05) is 13.2 Å². The van der Waals surface area contributed by atoms with Crippen molar-refractivity contribution in [3.8, 4) is 0 Å². The van der Waals surface area contributed by atoms with E-state index < -0.39 is 5.92 Å². The fourth-order valence-electron chi connectivity index (χ4n) is 2.97. The number of aromatic amines is 1. The number of allylic oxidation sites excluding steroid dienone is 3. The van der Waals surface area contributed by atoms with E-state index in [-0.39, 0.29) is 30.8 Å². The van der Waals surface area contributed by atoms with Crippen LogP contribution in [0.2, 0.25) is 0 Å². The van der Waals surface area contributed by atoms with E-state index in [2.05, 4.69) is 4.98 Å². The molecule has 3 rings (SSSR count). The molecule has 0 radical (unpaired) electrons. The van der Waals surface area contributed by atoms with Gasteiger partial charge in [-0.25, -0.2) is 0 Å². The van der Waals surface area contributed by atoms with E-state index in [1.54, 1.807) is 0 Å². The van der Waals surface area contributed by atoms with Gasteiger partial charge in [-0.05, 0) is 43.3 Å². The molecule has 122 valence electrons. The Morgan fingerprint density at radius 2 is 2.27 bits per heavy atom. The van der Waals surface area contributed by atoms with Gasteiger partial charge < -0.3 is 20.0 Å². The molecule has 8 heteroatoms. The molecule has 22 heavy (non-hydrogen) atoms. The molecule has 1 aliphatic carbocycles. The van der Waals surface area contributed by atoms with E-state index in [0.717, 1.165) is 11.8 Å². The Bertz CT molecular complexity index is 665. The molecule has 0 saturated heterocycles. The Kier molecular flexibility index (Phi) is 5.09. The summed E-state index contributed by atoms with van der Waals surface area (Å²) in [5.41, 5.74) is 7.24. The van der Waals surface area contributed by atoms with Gasteiger partial charge in [0.15, 0.2) is 10.5 Å². The number of alkyl halides is 2. The molecule has 0 saturated carbocycles. The van der Waals surface area contributed by atoms with E-state index in [1.165, 1.54) is 6.08 Å². The number of H-pyrrole nitrogens is 1. The fourth-order valence-corrected chi connectivity index (χ4v) is 3.30. The number of aromatic nitrogens is 2. The molecule has 0 bridgehead atoms. The SMILES string of the molecule is Cl.NCCc1c[nH]c(=S)n1[C@H]1COC2=C(CC=CC2(F)F)C1. The van der Waals surface area contributed by atoms with Gasteiger partial charge in [0.2, 0.25) is 0 Å². The third-order valence-corrected chi connectivity index (χ3v) is 4.19. The van der Waals surface area contributed by atoms with Gasteiger partial charge in [0.1, 0.15) is 6.61 Å². The summed E-state index contributed by atoms with van der Waals surface area (Å²) < 4.78 is 35.5. The second kappa shape index (κ2) is 6.52. The van der Waals surface area contributed by atoms with Gasteiger partial charge >= 0.3 is 5.92 Å². The van der Waals surface area contributed by atoms with Gasteiger partial charge in [-0.1, -0.05) is 6.08 Å². The lowest BCUT2D eigenvalue weighted by Gasteiger charge is -2.33. The maximum absolute atomic E-state index is 13.8. The van der Waals surface area contributed by atoms with Gasteiger partial charge in [-0.2, -0.15) is 8.78 Å². The van der Waals surface area contributed by atoms with Gasteiger partial charge in [0, 0.05) is 18.3 Å². The molecular weight excluding hydrogens is 332 g/mol. The number of nitrogens with two attached hydrogens (primary N) is 1. The number of ether oxygens (including phenoxy) is 1. The summed E-state index contributed by atoms with van der Waals surface area (Å²) in [7, 11) is 0. The van der Waals surface area contributed by atoms with E-state index >= 15 is 0 Å². The fraction of sp³-hybridized carbons (Fsp3) is 0.500. The summed E-state index contributed by atoms with van der Waals surface area (Å²) in [6, 6.07) is -0.0636. The highest BCUT2D eigenvalue weighted by atomic mass is 35.5. The topological polar surface area (TPSA) is 56.0 Å². The molecule has 0 spiro atoms. The lowest BCUT2D eigenvalue weighted by molar-refractivity contribution is -0.00341. The molecule has 3 N–H and O–H groups in total. The highest BCUT2D eigenvalue weighted by Gasteiger charge is 2.41. The van der Waals surface area contributed by atoms with Gasteiger partial charge in [-0.3, -0.25) is 0 Å². The first-order valence-electron chi connectivity index (χ1n) is 6.92. The molecule has 1 atom stereocenters. The van der Waals surface area contributed by atoms with Crippen LogP contribution in [-0.4, -0.2) is 28.6 Å². The number of imidazole rings is 1. The first kappa shape index (κ1) is 17.2. The van der Waals surface area contributed by atoms with E-state index in [9.17, 15) is 8.78 Å². The largest absolute Gasteiger partial charge is 0.489 e. The maximum Gasteiger partial charge on any atom is 0.322 e. The number of hydrogen-bond acceptors (Lipinski definition) is 3. The molecule has 0 unspecified atom stereocenters. The zero-order valence-corrected chi connectivity index (χ0v) is 13.5. The summed E-state index contributed by atoms with van der Waals surface area (Å²) in [5.74, 6) is -3.16. The van der Waals surface area contributed by atoms with Crippen molar-refractivity contribution in [1.29, 1.82) is 0 Å². The van der Waals surface area contributed by atoms with Crippen LogP contribution in [0, 0.1) is 4.77 Å². The number of rotatable bonds is 3. The molecule has 2 aliphatic rings. The van der Waals surface area contributed by atoms with Crippen LogP contribution in [0.4, 0.5) is 8.78 Å². The minimum absolute atomic E-state index is 0. The van der Waals surface area contributed by atoms with E-state index in [0.29, 0.717) is 36.2 Å². The van der Waals surface area contributed by atoms with Crippen LogP contribution >= 0.6 is 24.6 Å². The minimum atomic E-state index is -2.99. The Morgan fingerprint density at radius 1 is 1.50 bits per heavy atom. The summed E-state index contributed by atoms with van der Waals surface area (Å²) in [4.78, 5) is 3.00. The lowest BCUT2D eigenvalue weighted by atomic mass is 9.93. The normalized spacial score (nSPS) is 22.8. The average molecular weight is 350 g/mol. The monoisotopic (exact) mass is 349 g/mol. The Labute approximate surface area is 138 Å². The molecular formula is C14H18ClF2N3OS. The highest BCUT2D eigenvalue weighted by molar-refractivity contribution is 7.71. The Morgan fingerprint density at radius 3 is 3.00 bits per heavy atom. The van der Waals surface area contributed by atoms with Crippen LogP contribution in [0.25, 0.3) is 0 Å². The van der Waals surface area contributed by atoms with Gasteiger partial charge in [-0.15, -0.1) is 12.4 Å². The second-order valence-corrected chi connectivity index (χ2v) is 5.71. The van der Waals surface area contributed by atoms with Crippen molar-refractivity contribution in [3.05, 3.63) is 40.1 Å². The third kappa shape index (κ3) is 2.98. The van der Waals surface area contributed by atoms with Crippen LogP contribution in [-0.2, 0) is 11.2 Å². The number of nitrogens with zero attached hydrogens (tertiary/aromatic N) is 1. The molecule has 2 heterocycles. The summed E-state index contributed by atoms with van der Waals surface area (Å²) >= 11 is 5.29. The summed E-state index contributed by atoms with van der Waals surface area (Å²) in [6.07, 6.45) is 5.96. The van der Waals surface area contributed by atoms with Crippen molar-refractivity contribution >= 4 is 24.6 Å². The van der Waals surface area contributed by atoms with Gasteiger partial charge in [0.25, 0.3) is 0 Å². The quantitative estimate of drug-likeness (QED) is 0.650. The molecule has 1 aliphatic heterocycles. The molecule has 0 amide bonds.